The molecule has 0 saturated carbocycles. The number of benzene rings is 1. The smallest absolute Gasteiger partial charge is 0.119 e. The van der Waals surface area contributed by atoms with Crippen LogP contribution in [0.4, 0.5) is 0 Å². The molecule has 1 aliphatic heterocycles. The van der Waals surface area contributed by atoms with E-state index in [1.165, 1.54) is 18.4 Å². The van der Waals surface area contributed by atoms with E-state index >= 15 is 0 Å². The molecule has 2 heteroatoms. The van der Waals surface area contributed by atoms with Gasteiger partial charge < -0.3 is 10.1 Å². The van der Waals surface area contributed by atoms with E-state index in [1.807, 2.05) is 0 Å². The van der Waals surface area contributed by atoms with E-state index < -0.39 is 0 Å². The van der Waals surface area contributed by atoms with Crippen molar-refractivity contribution >= 4 is 0 Å². The van der Waals surface area contributed by atoms with Gasteiger partial charge in [0.25, 0.3) is 0 Å². The summed E-state index contributed by atoms with van der Waals surface area (Å²) in [5, 5.41) is 3.75. The standard InChI is InChI=1S/C17H27NO/c1-13(2)19-15-9-7-14(8-10-15)17(16(3,4)5)11-6-12-18-17/h7-10,13,18H,6,11-12H2,1-5H3. The molecule has 1 aliphatic rings. The van der Waals surface area contributed by atoms with Crippen molar-refractivity contribution in [2.45, 2.75) is 59.1 Å². The maximum atomic E-state index is 5.73. The van der Waals surface area contributed by atoms with Crippen LogP contribution in [0.2, 0.25) is 0 Å². The second-order valence-electron chi connectivity index (χ2n) is 6.88. The van der Waals surface area contributed by atoms with Gasteiger partial charge in [0.15, 0.2) is 0 Å². The van der Waals surface area contributed by atoms with Crippen LogP contribution in [0.15, 0.2) is 24.3 Å². The van der Waals surface area contributed by atoms with Crippen molar-refractivity contribution in [2.75, 3.05) is 6.54 Å². The van der Waals surface area contributed by atoms with Gasteiger partial charge in [0.05, 0.1) is 6.10 Å². The SMILES string of the molecule is CC(C)Oc1ccc(C2(C(C)(C)C)CCCN2)cc1. The van der Waals surface area contributed by atoms with Crippen molar-refractivity contribution in [1.82, 2.24) is 5.32 Å². The molecule has 2 rings (SSSR count). The summed E-state index contributed by atoms with van der Waals surface area (Å²) in [4.78, 5) is 0. The van der Waals surface area contributed by atoms with Gasteiger partial charge in [-0.2, -0.15) is 0 Å². The van der Waals surface area contributed by atoms with Gasteiger partial charge in [0.2, 0.25) is 0 Å². The van der Waals surface area contributed by atoms with Crippen molar-refractivity contribution in [3.63, 3.8) is 0 Å². The van der Waals surface area contributed by atoms with Gasteiger partial charge in [-0.3, -0.25) is 0 Å². The zero-order valence-electron chi connectivity index (χ0n) is 12.9. The lowest BCUT2D eigenvalue weighted by Gasteiger charge is -2.43. The molecule has 0 aliphatic carbocycles. The first-order valence-electron chi connectivity index (χ1n) is 7.37. The largest absolute Gasteiger partial charge is 0.491 e. The highest BCUT2D eigenvalue weighted by Crippen LogP contribution is 2.45. The normalized spacial score (nSPS) is 23.9. The molecule has 0 amide bonds. The van der Waals surface area contributed by atoms with E-state index in [-0.39, 0.29) is 17.1 Å². The number of hydrogen-bond acceptors (Lipinski definition) is 2. The lowest BCUT2D eigenvalue weighted by atomic mass is 9.68. The monoisotopic (exact) mass is 261 g/mol. The highest BCUT2D eigenvalue weighted by Gasteiger charge is 2.45. The number of hydrogen-bond donors (Lipinski definition) is 1. The summed E-state index contributed by atoms with van der Waals surface area (Å²) in [5.41, 5.74) is 1.70. The Balaban J connectivity index is 2.29. The van der Waals surface area contributed by atoms with E-state index in [0.29, 0.717) is 0 Å². The Morgan fingerprint density at radius 3 is 2.21 bits per heavy atom. The topological polar surface area (TPSA) is 21.3 Å². The van der Waals surface area contributed by atoms with Crippen LogP contribution in [0, 0.1) is 5.41 Å². The molecule has 0 radical (unpaired) electrons. The van der Waals surface area contributed by atoms with Gasteiger partial charge in [-0.25, -0.2) is 0 Å². The van der Waals surface area contributed by atoms with Crippen molar-refractivity contribution in [3.8, 4) is 5.75 Å². The van der Waals surface area contributed by atoms with Crippen LogP contribution in [0.3, 0.4) is 0 Å². The van der Waals surface area contributed by atoms with Crippen LogP contribution >= 0.6 is 0 Å². The first kappa shape index (κ1) is 14.4. The van der Waals surface area contributed by atoms with Crippen LogP contribution in [0.25, 0.3) is 0 Å². The molecule has 2 nitrogen and oxygen atoms in total. The second kappa shape index (κ2) is 5.16. The molecule has 1 aromatic rings. The summed E-state index contributed by atoms with van der Waals surface area (Å²) in [7, 11) is 0. The van der Waals surface area contributed by atoms with Crippen LogP contribution in [0.1, 0.15) is 53.0 Å². The lowest BCUT2D eigenvalue weighted by molar-refractivity contribution is 0.160. The Labute approximate surface area is 117 Å². The fourth-order valence-corrected chi connectivity index (χ4v) is 3.15. The Morgan fingerprint density at radius 1 is 1.16 bits per heavy atom. The minimum absolute atomic E-state index is 0.101. The van der Waals surface area contributed by atoms with Crippen LogP contribution in [0.5, 0.6) is 5.75 Å². The molecular weight excluding hydrogens is 234 g/mol. The molecule has 1 aromatic carbocycles. The Bertz CT molecular complexity index is 408. The van der Waals surface area contributed by atoms with Gasteiger partial charge in [0, 0.05) is 5.54 Å². The van der Waals surface area contributed by atoms with E-state index in [0.717, 1.165) is 12.3 Å². The van der Waals surface area contributed by atoms with Crippen LogP contribution < -0.4 is 10.1 Å². The van der Waals surface area contributed by atoms with E-state index in [9.17, 15) is 0 Å². The first-order valence-corrected chi connectivity index (χ1v) is 7.37. The van der Waals surface area contributed by atoms with Crippen LogP contribution in [-0.4, -0.2) is 12.6 Å². The summed E-state index contributed by atoms with van der Waals surface area (Å²) in [6.45, 7) is 12.2. The summed E-state index contributed by atoms with van der Waals surface area (Å²) >= 11 is 0. The van der Waals surface area contributed by atoms with E-state index in [4.69, 9.17) is 4.74 Å². The molecule has 1 unspecified atom stereocenters. The molecule has 19 heavy (non-hydrogen) atoms. The zero-order valence-corrected chi connectivity index (χ0v) is 12.9. The van der Waals surface area contributed by atoms with Gasteiger partial charge >= 0.3 is 0 Å². The molecule has 1 atom stereocenters. The third kappa shape index (κ3) is 2.79. The van der Waals surface area contributed by atoms with E-state index in [2.05, 4.69) is 64.2 Å². The molecule has 0 spiro atoms. The van der Waals surface area contributed by atoms with Crippen molar-refractivity contribution in [2.24, 2.45) is 5.41 Å². The maximum absolute atomic E-state index is 5.73. The molecule has 1 heterocycles. The quantitative estimate of drug-likeness (QED) is 0.884. The summed E-state index contributed by atoms with van der Waals surface area (Å²) in [5.74, 6) is 0.959. The number of nitrogens with one attached hydrogen (secondary N) is 1. The van der Waals surface area contributed by atoms with Crippen molar-refractivity contribution in [1.29, 1.82) is 0 Å². The fourth-order valence-electron chi connectivity index (χ4n) is 3.15. The first-order chi connectivity index (χ1) is 8.85. The Kier molecular flexibility index (Phi) is 3.91. The predicted octanol–water partition coefficient (Wildman–Crippen LogP) is 4.10. The maximum Gasteiger partial charge on any atom is 0.119 e. The average molecular weight is 261 g/mol. The number of ether oxygens (including phenoxy) is 1. The molecule has 1 saturated heterocycles. The molecule has 0 bridgehead atoms. The zero-order chi connectivity index (χ0) is 14.1. The Hall–Kier alpha value is -1.02. The van der Waals surface area contributed by atoms with Crippen LogP contribution in [-0.2, 0) is 5.54 Å². The second-order valence-corrected chi connectivity index (χ2v) is 6.88. The predicted molar refractivity (Wildman–Crippen MR) is 80.6 cm³/mol. The summed E-state index contributed by atoms with van der Waals surface area (Å²) in [6, 6.07) is 8.65. The Morgan fingerprint density at radius 2 is 1.79 bits per heavy atom. The lowest BCUT2D eigenvalue weighted by Crippen LogP contribution is -2.47. The van der Waals surface area contributed by atoms with Gasteiger partial charge in [-0.15, -0.1) is 0 Å². The van der Waals surface area contributed by atoms with Gasteiger partial charge in [-0.1, -0.05) is 32.9 Å². The highest BCUT2D eigenvalue weighted by atomic mass is 16.5. The van der Waals surface area contributed by atoms with Gasteiger partial charge in [0.1, 0.15) is 5.75 Å². The average Bonchev–Trinajstić information content (AvgIpc) is 2.78. The molecule has 0 aromatic heterocycles. The molecular formula is C17H27NO. The van der Waals surface area contributed by atoms with Gasteiger partial charge in [-0.05, 0) is 56.3 Å². The third-order valence-corrected chi connectivity index (χ3v) is 4.15. The minimum Gasteiger partial charge on any atom is -0.491 e. The number of rotatable bonds is 3. The fraction of sp³-hybridized carbons (Fsp3) is 0.647. The molecule has 1 fully saturated rings. The third-order valence-electron chi connectivity index (χ3n) is 4.15. The van der Waals surface area contributed by atoms with Crippen molar-refractivity contribution < 1.29 is 4.74 Å². The highest BCUT2D eigenvalue weighted by molar-refractivity contribution is 5.34. The summed E-state index contributed by atoms with van der Waals surface area (Å²) in [6.07, 6.45) is 2.69. The van der Waals surface area contributed by atoms with E-state index in [1.54, 1.807) is 0 Å². The minimum atomic E-state index is 0.101. The molecule has 1 N–H and O–H groups in total. The summed E-state index contributed by atoms with van der Waals surface area (Å²) < 4.78 is 5.73. The molecule has 106 valence electrons. The van der Waals surface area contributed by atoms with Crippen molar-refractivity contribution in [3.05, 3.63) is 29.8 Å².